The van der Waals surface area contributed by atoms with Crippen LogP contribution in [-0.2, 0) is 23.2 Å². The second kappa shape index (κ2) is 10.3. The molecule has 0 aromatic carbocycles. The first-order valence-corrected chi connectivity index (χ1v) is 22.9. The number of ketones is 1. The molecule has 2 aliphatic heterocycles. The Hall–Kier alpha value is -0.329. The van der Waals surface area contributed by atoms with Crippen LogP contribution in [0.3, 0.4) is 0 Å². The number of rotatable bonds is 7. The highest BCUT2D eigenvalue weighted by molar-refractivity contribution is 6.80. The van der Waals surface area contributed by atoms with Crippen LogP contribution in [0.5, 0.6) is 0 Å². The van der Waals surface area contributed by atoms with E-state index in [1.54, 1.807) is 0 Å². The molecule has 0 spiro atoms. The van der Waals surface area contributed by atoms with Crippen molar-refractivity contribution in [3.8, 4) is 0 Å². The molecule has 0 saturated carbocycles. The van der Waals surface area contributed by atoms with Gasteiger partial charge in [-0.1, -0.05) is 75.4 Å². The van der Waals surface area contributed by atoms with Gasteiger partial charge in [0.1, 0.15) is 12.2 Å². The van der Waals surface area contributed by atoms with Crippen molar-refractivity contribution in [2.24, 2.45) is 5.92 Å². The van der Waals surface area contributed by atoms with E-state index in [4.69, 9.17) is 13.6 Å². The first kappa shape index (κ1) is 32.9. The van der Waals surface area contributed by atoms with Crippen LogP contribution in [0.25, 0.3) is 0 Å². The summed E-state index contributed by atoms with van der Waals surface area (Å²) in [6.07, 6.45) is -0.860. The lowest BCUT2D eigenvalue weighted by molar-refractivity contribution is -0.176. The van der Waals surface area contributed by atoms with Crippen molar-refractivity contribution in [2.75, 3.05) is 6.61 Å². The quantitative estimate of drug-likeness (QED) is 0.244. The number of nitrogens with zero attached hydrogens (tertiary/aromatic N) is 1. The van der Waals surface area contributed by atoms with Crippen LogP contribution in [0.4, 0.5) is 0 Å². The van der Waals surface area contributed by atoms with Gasteiger partial charge >= 0.3 is 0 Å². The fourth-order valence-electron chi connectivity index (χ4n) is 4.68. The number of carbonyl (C=O) groups is 2. The fourth-order valence-corrected chi connectivity index (χ4v) is 9.88. The van der Waals surface area contributed by atoms with Crippen LogP contribution in [0.15, 0.2) is 0 Å². The lowest BCUT2D eigenvalue weighted by Crippen LogP contribution is -2.79. The highest BCUT2D eigenvalue weighted by atomic mass is 28.4. The first-order chi connectivity index (χ1) is 16.3. The maximum absolute atomic E-state index is 14.0. The molecule has 5 atom stereocenters. The van der Waals surface area contributed by atoms with E-state index in [2.05, 4.69) is 106 Å². The molecular formula is C28H57NO5Si3. The van der Waals surface area contributed by atoms with E-state index in [0.29, 0.717) is 13.0 Å². The number of ether oxygens (including phenoxy) is 1. The van der Waals surface area contributed by atoms with Gasteiger partial charge in [-0.15, -0.1) is 0 Å². The number of β-lactam (4-membered cyclic amide) rings is 1. The van der Waals surface area contributed by atoms with E-state index in [1.165, 1.54) is 0 Å². The Balaban J connectivity index is 2.47. The van der Waals surface area contributed by atoms with Gasteiger partial charge < -0.3 is 18.2 Å². The zero-order valence-corrected chi connectivity index (χ0v) is 29.8. The van der Waals surface area contributed by atoms with E-state index < -0.39 is 37.1 Å². The van der Waals surface area contributed by atoms with Gasteiger partial charge in [0.05, 0.1) is 24.7 Å². The largest absolute Gasteiger partial charge is 0.413 e. The second-order valence-corrected chi connectivity index (χ2v) is 30.6. The summed E-state index contributed by atoms with van der Waals surface area (Å²) < 4.78 is 21.7. The zero-order valence-electron chi connectivity index (χ0n) is 26.8. The third-order valence-corrected chi connectivity index (χ3v) is 24.7. The van der Waals surface area contributed by atoms with Gasteiger partial charge in [0, 0.05) is 6.42 Å². The van der Waals surface area contributed by atoms with Crippen molar-refractivity contribution in [1.29, 1.82) is 0 Å². The molecule has 37 heavy (non-hydrogen) atoms. The minimum absolute atomic E-state index is 0.00168. The number of carbonyl (C=O) groups excluding carboxylic acids is 2. The maximum atomic E-state index is 14.0. The topological polar surface area (TPSA) is 65.1 Å². The number of Topliss-reactive ketones (excluding diaryl/α,β-unsaturated/α-hetero) is 1. The minimum atomic E-state index is -2.27. The van der Waals surface area contributed by atoms with Crippen LogP contribution >= 0.6 is 0 Å². The summed E-state index contributed by atoms with van der Waals surface area (Å²) in [6, 6.07) is -0.313. The van der Waals surface area contributed by atoms with Crippen molar-refractivity contribution in [3.63, 3.8) is 0 Å². The van der Waals surface area contributed by atoms with Crippen LogP contribution in [0, 0.1) is 5.92 Å². The fraction of sp³-hybridized carbons (Fsp3) is 0.929. The molecule has 0 bridgehead atoms. The standard InChI is InChI=1S/C28H57NO5Si3/c1-19(33-36(13,14)27(5,6)7)21-22(29(25(21)31)35(11,12)26(2,3)4)24-23(30)20(17-18-32-24)34-37(15,16)28(8,9)10/h19-22,24H,17-18H2,1-16H3/t19-,20-,21-,22+,24-/m1/s1. The van der Waals surface area contributed by atoms with Gasteiger partial charge in [0.2, 0.25) is 5.91 Å². The van der Waals surface area contributed by atoms with Gasteiger partial charge in [-0.3, -0.25) is 9.59 Å². The van der Waals surface area contributed by atoms with Crippen LogP contribution in [0.2, 0.25) is 54.4 Å². The third kappa shape index (κ3) is 6.21. The Morgan fingerprint density at radius 1 is 0.838 bits per heavy atom. The summed E-state index contributed by atoms with van der Waals surface area (Å²) in [5, 5.41) is -0.0131. The molecule has 216 valence electrons. The summed E-state index contributed by atoms with van der Waals surface area (Å²) in [4.78, 5) is 28.0. The molecule has 0 aliphatic carbocycles. The molecule has 0 unspecified atom stereocenters. The molecule has 9 heteroatoms. The van der Waals surface area contributed by atoms with Gasteiger partial charge in [-0.2, -0.15) is 0 Å². The van der Waals surface area contributed by atoms with E-state index in [9.17, 15) is 9.59 Å². The van der Waals surface area contributed by atoms with Crippen molar-refractivity contribution in [3.05, 3.63) is 0 Å². The number of hydrogen-bond acceptors (Lipinski definition) is 5. The molecular weight excluding hydrogens is 515 g/mol. The highest BCUT2D eigenvalue weighted by Crippen LogP contribution is 2.49. The van der Waals surface area contributed by atoms with Crippen molar-refractivity contribution < 1.29 is 23.2 Å². The summed E-state index contributed by atoms with van der Waals surface area (Å²) >= 11 is 0. The molecule has 1 amide bonds. The zero-order chi connectivity index (χ0) is 29.2. The SMILES string of the molecule is C[C@@H](O[Si](C)(C)C(C)(C)C)[C@H]1C(=O)N([Si](C)(C)C(C)(C)C)[C@@H]1[C@H]1OCC[C@@H](O[Si](C)(C)C(C)(C)C)C1=O. The lowest BCUT2D eigenvalue weighted by atomic mass is 9.79. The minimum Gasteiger partial charge on any atom is -0.413 e. The van der Waals surface area contributed by atoms with E-state index >= 15 is 0 Å². The first-order valence-electron chi connectivity index (χ1n) is 14.1. The number of amides is 1. The lowest BCUT2D eigenvalue weighted by Gasteiger charge is -2.61. The monoisotopic (exact) mass is 571 g/mol. The summed E-state index contributed by atoms with van der Waals surface area (Å²) in [6.45, 7) is 35.6. The second-order valence-electron chi connectivity index (χ2n) is 16.0. The Kier molecular flexibility index (Phi) is 9.11. The average Bonchev–Trinajstić information content (AvgIpc) is 2.64. The summed E-state index contributed by atoms with van der Waals surface area (Å²) in [5.74, 6) is -0.266. The molecule has 2 heterocycles. The molecule has 0 aromatic rings. The van der Waals surface area contributed by atoms with Gasteiger partial charge in [0.25, 0.3) is 0 Å². The van der Waals surface area contributed by atoms with Crippen molar-refractivity contribution in [2.45, 2.75) is 154 Å². The number of hydrogen-bond donors (Lipinski definition) is 0. The smallest absolute Gasteiger partial charge is 0.222 e. The molecule has 6 nitrogen and oxygen atoms in total. The molecule has 2 fully saturated rings. The summed E-state index contributed by atoms with van der Waals surface area (Å²) in [7, 11) is -6.53. The normalized spacial score (nSPS) is 27.8. The molecule has 2 rings (SSSR count). The van der Waals surface area contributed by atoms with Crippen molar-refractivity contribution in [1.82, 2.24) is 4.57 Å². The molecule has 0 aromatic heterocycles. The molecule has 0 radical (unpaired) electrons. The van der Waals surface area contributed by atoms with E-state index in [0.717, 1.165) is 0 Å². The van der Waals surface area contributed by atoms with Crippen LogP contribution in [0.1, 0.15) is 75.7 Å². The van der Waals surface area contributed by atoms with Crippen LogP contribution in [-0.4, -0.2) is 72.1 Å². The Bertz CT molecular complexity index is 867. The van der Waals surface area contributed by atoms with Crippen molar-refractivity contribution >= 4 is 36.6 Å². The Labute approximate surface area is 230 Å². The molecule has 2 aliphatic rings. The maximum Gasteiger partial charge on any atom is 0.222 e. The predicted molar refractivity (Wildman–Crippen MR) is 160 cm³/mol. The van der Waals surface area contributed by atoms with Gasteiger partial charge in [-0.05, 0) is 48.2 Å². The summed E-state index contributed by atoms with van der Waals surface area (Å²) in [5.41, 5.74) is 0. The van der Waals surface area contributed by atoms with E-state index in [-0.39, 0.29) is 44.9 Å². The third-order valence-electron chi connectivity index (χ3n) is 10.2. The highest BCUT2D eigenvalue weighted by Gasteiger charge is 2.64. The Morgan fingerprint density at radius 2 is 1.32 bits per heavy atom. The van der Waals surface area contributed by atoms with E-state index in [1.807, 2.05) is 6.92 Å². The van der Waals surface area contributed by atoms with Crippen LogP contribution < -0.4 is 0 Å². The van der Waals surface area contributed by atoms with Gasteiger partial charge in [-0.25, -0.2) is 0 Å². The predicted octanol–water partition coefficient (Wildman–Crippen LogP) is 6.98. The Morgan fingerprint density at radius 3 is 1.76 bits per heavy atom. The average molecular weight is 572 g/mol. The molecule has 0 N–H and O–H groups in total. The molecule has 2 saturated heterocycles. The van der Waals surface area contributed by atoms with Gasteiger partial charge in [0.15, 0.2) is 30.7 Å².